The first-order valence-electron chi connectivity index (χ1n) is 7.93. The summed E-state index contributed by atoms with van der Waals surface area (Å²) in [7, 11) is 0. The second-order valence-electron chi connectivity index (χ2n) is 6.12. The number of amides is 1. The fraction of sp³-hybridized carbons (Fsp3) is 0.278. The second kappa shape index (κ2) is 6.19. The van der Waals surface area contributed by atoms with E-state index in [1.807, 2.05) is 18.5 Å². The van der Waals surface area contributed by atoms with Gasteiger partial charge in [-0.25, -0.2) is 5.01 Å². The van der Waals surface area contributed by atoms with Gasteiger partial charge in [-0.05, 0) is 49.1 Å². The summed E-state index contributed by atoms with van der Waals surface area (Å²) in [5.74, 6) is 0.136. The molecule has 6 heteroatoms. The standard InChI is InChI=1S/C18H15Cl2N3O/c19-15-5-4-13(9-16(15)20)23-17(24)8-12-3-1-2-11-6-7-21-10-14(11)18(12)22-23/h4-7,9-10,12H,1-3,8H2. The van der Waals surface area contributed by atoms with Crippen molar-refractivity contribution in [2.75, 3.05) is 5.01 Å². The van der Waals surface area contributed by atoms with E-state index in [4.69, 9.17) is 23.2 Å². The highest BCUT2D eigenvalue weighted by Gasteiger charge is 2.33. The summed E-state index contributed by atoms with van der Waals surface area (Å²) in [6.45, 7) is 0. The lowest BCUT2D eigenvalue weighted by molar-refractivity contribution is -0.119. The van der Waals surface area contributed by atoms with Gasteiger partial charge in [0.2, 0.25) is 5.91 Å². The Bertz CT molecular complexity index is 850. The van der Waals surface area contributed by atoms with Crippen molar-refractivity contribution in [3.8, 4) is 0 Å². The number of fused-ring (bicyclic) bond motifs is 3. The molecule has 1 aromatic heterocycles. The number of anilines is 1. The van der Waals surface area contributed by atoms with Gasteiger partial charge in [-0.2, -0.15) is 5.10 Å². The summed E-state index contributed by atoms with van der Waals surface area (Å²) in [5, 5.41) is 6.99. The first-order chi connectivity index (χ1) is 11.6. The summed E-state index contributed by atoms with van der Waals surface area (Å²) < 4.78 is 0. The third kappa shape index (κ3) is 2.70. The van der Waals surface area contributed by atoms with Crippen LogP contribution >= 0.6 is 23.2 Å². The molecule has 2 heterocycles. The maximum Gasteiger partial charge on any atom is 0.248 e. The largest absolute Gasteiger partial charge is 0.273 e. The average Bonchev–Trinajstić information content (AvgIpc) is 2.75. The lowest BCUT2D eigenvalue weighted by Gasteiger charge is -2.29. The number of pyridine rings is 1. The molecule has 122 valence electrons. The predicted molar refractivity (Wildman–Crippen MR) is 95.8 cm³/mol. The zero-order chi connectivity index (χ0) is 16.7. The van der Waals surface area contributed by atoms with Crippen molar-refractivity contribution in [3.63, 3.8) is 0 Å². The molecule has 4 nitrogen and oxygen atoms in total. The SMILES string of the molecule is O=C1CC2CCCc3ccncc3C2=NN1c1ccc(Cl)c(Cl)c1. The van der Waals surface area contributed by atoms with Crippen LogP contribution in [0.15, 0.2) is 41.8 Å². The smallest absolute Gasteiger partial charge is 0.248 e. The molecule has 0 fully saturated rings. The third-order valence-corrected chi connectivity index (χ3v) is 5.32. The van der Waals surface area contributed by atoms with Crippen LogP contribution in [-0.2, 0) is 11.2 Å². The Morgan fingerprint density at radius 2 is 2.04 bits per heavy atom. The van der Waals surface area contributed by atoms with E-state index in [-0.39, 0.29) is 11.8 Å². The lowest BCUT2D eigenvalue weighted by atomic mass is 9.90. The van der Waals surface area contributed by atoms with E-state index in [0.29, 0.717) is 22.2 Å². The first-order valence-corrected chi connectivity index (χ1v) is 8.69. The average molecular weight is 360 g/mol. The van der Waals surface area contributed by atoms with E-state index in [1.54, 1.807) is 18.2 Å². The summed E-state index contributed by atoms with van der Waals surface area (Å²) in [6.07, 6.45) is 7.14. The number of benzene rings is 1. The molecule has 4 rings (SSSR count). The van der Waals surface area contributed by atoms with Gasteiger partial charge in [-0.3, -0.25) is 9.78 Å². The molecule has 2 aromatic rings. The van der Waals surface area contributed by atoms with Crippen molar-refractivity contribution in [1.29, 1.82) is 0 Å². The number of hydrazone groups is 1. The quantitative estimate of drug-likeness (QED) is 0.753. The molecule has 24 heavy (non-hydrogen) atoms. The van der Waals surface area contributed by atoms with Crippen LogP contribution in [0.1, 0.15) is 30.4 Å². The van der Waals surface area contributed by atoms with Gasteiger partial charge < -0.3 is 0 Å². The Hall–Kier alpha value is -1.91. The van der Waals surface area contributed by atoms with Gasteiger partial charge in [0.05, 0.1) is 21.4 Å². The van der Waals surface area contributed by atoms with Crippen LogP contribution < -0.4 is 5.01 Å². The highest BCUT2D eigenvalue weighted by molar-refractivity contribution is 6.42. The van der Waals surface area contributed by atoms with Crippen LogP contribution in [0.4, 0.5) is 5.69 Å². The molecule has 2 aliphatic rings. The van der Waals surface area contributed by atoms with Crippen molar-refractivity contribution in [3.05, 3.63) is 57.8 Å². The highest BCUT2D eigenvalue weighted by Crippen LogP contribution is 2.34. The number of hydrogen-bond donors (Lipinski definition) is 0. The Kier molecular flexibility index (Phi) is 4.02. The van der Waals surface area contributed by atoms with Crippen molar-refractivity contribution in [1.82, 2.24) is 4.98 Å². The highest BCUT2D eigenvalue weighted by atomic mass is 35.5. The van der Waals surface area contributed by atoms with E-state index in [2.05, 4.69) is 10.1 Å². The van der Waals surface area contributed by atoms with E-state index >= 15 is 0 Å². The second-order valence-corrected chi connectivity index (χ2v) is 6.93. The minimum absolute atomic E-state index is 0.0190. The fourth-order valence-corrected chi connectivity index (χ4v) is 3.67. The predicted octanol–water partition coefficient (Wildman–Crippen LogP) is 4.48. The van der Waals surface area contributed by atoms with Crippen molar-refractivity contribution < 1.29 is 4.79 Å². The lowest BCUT2D eigenvalue weighted by Crippen LogP contribution is -2.37. The number of carbonyl (C=O) groups excluding carboxylic acids is 1. The van der Waals surface area contributed by atoms with Crippen molar-refractivity contribution in [2.24, 2.45) is 11.0 Å². The molecule has 1 amide bonds. The van der Waals surface area contributed by atoms with Crippen LogP contribution in [0.25, 0.3) is 0 Å². The normalized spacial score (nSPS) is 20.1. The summed E-state index contributed by atoms with van der Waals surface area (Å²) in [4.78, 5) is 16.8. The topological polar surface area (TPSA) is 45.6 Å². The molecule has 1 atom stereocenters. The third-order valence-electron chi connectivity index (χ3n) is 4.59. The van der Waals surface area contributed by atoms with Crippen molar-refractivity contribution in [2.45, 2.75) is 25.7 Å². The maximum absolute atomic E-state index is 12.6. The molecule has 0 bridgehead atoms. The Morgan fingerprint density at radius 3 is 2.88 bits per heavy atom. The molecule has 1 aliphatic heterocycles. The molecule has 0 saturated carbocycles. The van der Waals surface area contributed by atoms with Gasteiger partial charge in [0, 0.05) is 30.3 Å². The monoisotopic (exact) mass is 359 g/mol. The minimum atomic E-state index is -0.0190. The number of halogens is 2. The minimum Gasteiger partial charge on any atom is -0.273 e. The van der Waals surface area contributed by atoms with Crippen molar-refractivity contribution >= 4 is 40.5 Å². The molecule has 1 unspecified atom stereocenters. The van der Waals surface area contributed by atoms with Gasteiger partial charge in [0.1, 0.15) is 0 Å². The summed E-state index contributed by atoms with van der Waals surface area (Å²) >= 11 is 12.1. The number of nitrogens with zero attached hydrogens (tertiary/aromatic N) is 3. The van der Waals surface area contributed by atoms with E-state index in [9.17, 15) is 4.79 Å². The first kappa shape index (κ1) is 15.6. The van der Waals surface area contributed by atoms with E-state index < -0.39 is 0 Å². The summed E-state index contributed by atoms with van der Waals surface area (Å²) in [6, 6.07) is 7.16. The molecule has 1 aromatic carbocycles. The van der Waals surface area contributed by atoms with Crippen LogP contribution in [0, 0.1) is 5.92 Å². The van der Waals surface area contributed by atoms with E-state index in [1.165, 1.54) is 10.6 Å². The van der Waals surface area contributed by atoms with Crippen LogP contribution in [-0.4, -0.2) is 16.6 Å². The van der Waals surface area contributed by atoms with Crippen LogP contribution in [0.2, 0.25) is 10.0 Å². The number of aryl methyl sites for hydroxylation is 1. The number of aromatic nitrogens is 1. The molecular weight excluding hydrogens is 345 g/mol. The molecular formula is C18H15Cl2N3O. The van der Waals surface area contributed by atoms with Crippen LogP contribution in [0.5, 0.6) is 0 Å². The Balaban J connectivity index is 1.82. The molecule has 0 saturated heterocycles. The van der Waals surface area contributed by atoms with E-state index in [0.717, 1.165) is 30.5 Å². The van der Waals surface area contributed by atoms with Gasteiger partial charge in [-0.1, -0.05) is 23.2 Å². The Labute approximate surface area is 150 Å². The van der Waals surface area contributed by atoms with Gasteiger partial charge >= 0.3 is 0 Å². The number of carbonyl (C=O) groups is 1. The fourth-order valence-electron chi connectivity index (χ4n) is 3.38. The molecule has 0 spiro atoms. The van der Waals surface area contributed by atoms with Gasteiger partial charge in [0.15, 0.2) is 0 Å². The van der Waals surface area contributed by atoms with Gasteiger partial charge in [-0.15, -0.1) is 0 Å². The molecule has 0 N–H and O–H groups in total. The molecule has 1 aliphatic carbocycles. The van der Waals surface area contributed by atoms with Gasteiger partial charge in [0.25, 0.3) is 0 Å². The Morgan fingerprint density at radius 1 is 1.17 bits per heavy atom. The zero-order valence-electron chi connectivity index (χ0n) is 12.9. The van der Waals surface area contributed by atoms with Crippen LogP contribution in [0.3, 0.4) is 0 Å². The summed E-state index contributed by atoms with van der Waals surface area (Å²) in [5.41, 5.74) is 3.88. The number of rotatable bonds is 1. The number of hydrogen-bond acceptors (Lipinski definition) is 3. The zero-order valence-corrected chi connectivity index (χ0v) is 14.4. The molecule has 0 radical (unpaired) electrons. The maximum atomic E-state index is 12.6.